The summed E-state index contributed by atoms with van der Waals surface area (Å²) in [6.45, 7) is 5.22. The number of benzene rings is 1. The van der Waals surface area contributed by atoms with Crippen LogP contribution in [0.2, 0.25) is 0 Å². The number of aromatic amines is 1. The fourth-order valence-electron chi connectivity index (χ4n) is 3.35. The van der Waals surface area contributed by atoms with Crippen molar-refractivity contribution in [1.29, 1.82) is 0 Å². The topological polar surface area (TPSA) is 112 Å². The standard InChI is InChI=1S/C18H25N3O5S/c1-12(2)10-15(17(22)21-8-4-3-5-9-21)20-27(24,25)13-6-7-14-16(11-13)26-18(23)19-14/h6-7,11-12,15,20H,3-5,8-10H2,1-2H3,(H,19,23)/t15-/m0/s1. The Bertz CT molecular complexity index is 970. The van der Waals surface area contributed by atoms with Crippen LogP contribution < -0.4 is 10.5 Å². The molecule has 1 aromatic heterocycles. The van der Waals surface area contributed by atoms with Crippen molar-refractivity contribution in [2.45, 2.75) is 50.5 Å². The van der Waals surface area contributed by atoms with Gasteiger partial charge in [-0.15, -0.1) is 0 Å². The van der Waals surface area contributed by atoms with Gasteiger partial charge in [0, 0.05) is 19.2 Å². The molecular weight excluding hydrogens is 370 g/mol. The molecule has 1 aromatic carbocycles. The number of H-pyrrole nitrogens is 1. The van der Waals surface area contributed by atoms with E-state index in [-0.39, 0.29) is 22.3 Å². The molecule has 2 N–H and O–H groups in total. The maximum absolute atomic E-state index is 12.9. The lowest BCUT2D eigenvalue weighted by atomic mass is 10.0. The summed E-state index contributed by atoms with van der Waals surface area (Å²) in [5.74, 6) is -0.677. The van der Waals surface area contributed by atoms with Crippen LogP contribution in [0.3, 0.4) is 0 Å². The summed E-state index contributed by atoms with van der Waals surface area (Å²) in [6.07, 6.45) is 3.38. The van der Waals surface area contributed by atoms with Crippen molar-refractivity contribution in [3.63, 3.8) is 0 Å². The Kier molecular flexibility index (Phi) is 5.71. The van der Waals surface area contributed by atoms with E-state index in [1.54, 1.807) is 4.90 Å². The summed E-state index contributed by atoms with van der Waals surface area (Å²) in [5.41, 5.74) is 0.577. The molecule has 3 rings (SSSR count). The van der Waals surface area contributed by atoms with E-state index in [1.807, 2.05) is 13.8 Å². The summed E-state index contributed by atoms with van der Waals surface area (Å²) in [6, 6.07) is 3.32. The van der Waals surface area contributed by atoms with Gasteiger partial charge in [-0.1, -0.05) is 13.8 Å². The molecule has 0 saturated carbocycles. The molecule has 2 aromatic rings. The molecule has 0 aliphatic carbocycles. The van der Waals surface area contributed by atoms with Gasteiger partial charge in [0.1, 0.15) is 6.04 Å². The molecule has 1 fully saturated rings. The number of carbonyl (C=O) groups excluding carboxylic acids is 1. The highest BCUT2D eigenvalue weighted by Crippen LogP contribution is 2.19. The Morgan fingerprint density at radius 1 is 1.26 bits per heavy atom. The van der Waals surface area contributed by atoms with E-state index in [9.17, 15) is 18.0 Å². The van der Waals surface area contributed by atoms with E-state index in [1.165, 1.54) is 18.2 Å². The molecule has 0 spiro atoms. The Hall–Kier alpha value is -2.13. The van der Waals surface area contributed by atoms with Crippen molar-refractivity contribution in [3.8, 4) is 0 Å². The molecule has 2 heterocycles. The van der Waals surface area contributed by atoms with E-state index in [2.05, 4.69) is 9.71 Å². The number of nitrogens with zero attached hydrogens (tertiary/aromatic N) is 1. The Morgan fingerprint density at radius 3 is 2.63 bits per heavy atom. The molecule has 8 nitrogen and oxygen atoms in total. The van der Waals surface area contributed by atoms with E-state index < -0.39 is 21.8 Å². The minimum Gasteiger partial charge on any atom is -0.408 e. The second-order valence-electron chi connectivity index (χ2n) is 7.36. The van der Waals surface area contributed by atoms with Crippen LogP contribution in [-0.2, 0) is 14.8 Å². The SMILES string of the molecule is CC(C)C[C@H](NS(=O)(=O)c1ccc2[nH]c(=O)oc2c1)C(=O)N1CCCCC1. The minimum atomic E-state index is -3.94. The predicted octanol–water partition coefficient (Wildman–Crippen LogP) is 1.83. The number of piperidine rings is 1. The fourth-order valence-corrected chi connectivity index (χ4v) is 4.57. The van der Waals surface area contributed by atoms with Crippen molar-refractivity contribution >= 4 is 27.0 Å². The van der Waals surface area contributed by atoms with Gasteiger partial charge >= 0.3 is 5.76 Å². The summed E-state index contributed by atoms with van der Waals surface area (Å²) in [5, 5.41) is 0. The van der Waals surface area contributed by atoms with E-state index >= 15 is 0 Å². The number of fused-ring (bicyclic) bond motifs is 1. The van der Waals surface area contributed by atoms with Crippen LogP contribution in [0.1, 0.15) is 39.5 Å². The molecule has 27 heavy (non-hydrogen) atoms. The molecule has 148 valence electrons. The highest BCUT2D eigenvalue weighted by Gasteiger charge is 2.30. The van der Waals surface area contributed by atoms with Gasteiger partial charge in [0.2, 0.25) is 15.9 Å². The molecule has 0 radical (unpaired) electrons. The first-order chi connectivity index (χ1) is 12.8. The molecular formula is C18H25N3O5S. The highest BCUT2D eigenvalue weighted by atomic mass is 32.2. The summed E-state index contributed by atoms with van der Waals surface area (Å²) >= 11 is 0. The number of sulfonamides is 1. The number of aromatic nitrogens is 1. The maximum Gasteiger partial charge on any atom is 0.417 e. The van der Waals surface area contributed by atoms with E-state index in [0.29, 0.717) is 25.0 Å². The average Bonchev–Trinajstić information content (AvgIpc) is 3.00. The third-order valence-corrected chi connectivity index (χ3v) is 6.14. The normalized spacial score (nSPS) is 16.8. The maximum atomic E-state index is 12.9. The molecule has 1 amide bonds. The van der Waals surface area contributed by atoms with Crippen molar-refractivity contribution in [2.24, 2.45) is 5.92 Å². The number of likely N-dealkylation sites (tertiary alicyclic amines) is 1. The lowest BCUT2D eigenvalue weighted by Crippen LogP contribution is -2.50. The van der Waals surface area contributed by atoms with E-state index in [4.69, 9.17) is 4.42 Å². The van der Waals surface area contributed by atoms with Gasteiger partial charge < -0.3 is 9.32 Å². The molecule has 1 aliphatic rings. The molecule has 9 heteroatoms. The Balaban J connectivity index is 1.85. The minimum absolute atomic E-state index is 0.0436. The van der Waals surface area contributed by atoms with Gasteiger partial charge in [0.25, 0.3) is 0 Å². The third kappa shape index (κ3) is 4.59. The first-order valence-corrected chi connectivity index (χ1v) is 10.7. The second-order valence-corrected chi connectivity index (χ2v) is 9.08. The van der Waals surface area contributed by atoms with Crippen LogP contribution in [0.5, 0.6) is 0 Å². The number of oxazole rings is 1. The van der Waals surface area contributed by atoms with Gasteiger partial charge in [-0.25, -0.2) is 13.2 Å². The first-order valence-electron chi connectivity index (χ1n) is 9.20. The summed E-state index contributed by atoms with van der Waals surface area (Å²) in [7, 11) is -3.94. The smallest absolute Gasteiger partial charge is 0.408 e. The van der Waals surface area contributed by atoms with Crippen LogP contribution in [0.4, 0.5) is 0 Å². The van der Waals surface area contributed by atoms with Gasteiger partial charge in [-0.05, 0) is 43.7 Å². The third-order valence-electron chi connectivity index (χ3n) is 4.67. The van der Waals surface area contributed by atoms with Gasteiger partial charge in [-0.3, -0.25) is 9.78 Å². The molecule has 0 bridgehead atoms. The highest BCUT2D eigenvalue weighted by molar-refractivity contribution is 7.89. The number of hydrogen-bond acceptors (Lipinski definition) is 5. The largest absolute Gasteiger partial charge is 0.417 e. The van der Waals surface area contributed by atoms with Crippen molar-refractivity contribution in [2.75, 3.05) is 13.1 Å². The van der Waals surface area contributed by atoms with Crippen LogP contribution >= 0.6 is 0 Å². The lowest BCUT2D eigenvalue weighted by Gasteiger charge is -2.31. The monoisotopic (exact) mass is 395 g/mol. The molecule has 1 saturated heterocycles. The number of amides is 1. The molecule has 1 atom stereocenters. The van der Waals surface area contributed by atoms with Crippen LogP contribution in [0.25, 0.3) is 11.1 Å². The second kappa shape index (κ2) is 7.85. The van der Waals surface area contributed by atoms with Gasteiger partial charge in [0.15, 0.2) is 5.58 Å². The van der Waals surface area contributed by atoms with Crippen LogP contribution in [0.15, 0.2) is 32.3 Å². The molecule has 0 unspecified atom stereocenters. The zero-order valence-electron chi connectivity index (χ0n) is 15.5. The Labute approximate surface area is 158 Å². The van der Waals surface area contributed by atoms with Crippen LogP contribution in [-0.4, -0.2) is 43.3 Å². The first kappa shape index (κ1) is 19.6. The Morgan fingerprint density at radius 2 is 1.96 bits per heavy atom. The van der Waals surface area contributed by atoms with Crippen molar-refractivity contribution < 1.29 is 17.6 Å². The number of rotatable bonds is 6. The quantitative estimate of drug-likeness (QED) is 0.775. The average molecular weight is 395 g/mol. The van der Waals surface area contributed by atoms with Crippen molar-refractivity contribution in [1.82, 2.24) is 14.6 Å². The van der Waals surface area contributed by atoms with E-state index in [0.717, 1.165) is 19.3 Å². The van der Waals surface area contributed by atoms with Gasteiger partial charge in [0.05, 0.1) is 10.4 Å². The van der Waals surface area contributed by atoms with Crippen molar-refractivity contribution in [3.05, 3.63) is 28.7 Å². The van der Waals surface area contributed by atoms with Crippen LogP contribution in [0, 0.1) is 5.92 Å². The summed E-state index contributed by atoms with van der Waals surface area (Å²) < 4.78 is 33.2. The molecule has 1 aliphatic heterocycles. The number of nitrogens with one attached hydrogen (secondary N) is 2. The van der Waals surface area contributed by atoms with Gasteiger partial charge in [-0.2, -0.15) is 4.72 Å². The predicted molar refractivity (Wildman–Crippen MR) is 101 cm³/mol. The number of carbonyl (C=O) groups is 1. The summed E-state index contributed by atoms with van der Waals surface area (Å²) in [4.78, 5) is 28.3. The zero-order valence-corrected chi connectivity index (χ0v) is 16.3. The lowest BCUT2D eigenvalue weighted by molar-refractivity contribution is -0.134. The fraction of sp³-hybridized carbons (Fsp3) is 0.556. The number of hydrogen-bond donors (Lipinski definition) is 2. The zero-order chi connectivity index (χ0) is 19.6.